The van der Waals surface area contributed by atoms with Gasteiger partial charge in [0.15, 0.2) is 5.96 Å². The third-order valence-electron chi connectivity index (χ3n) is 4.73. The lowest BCUT2D eigenvalue weighted by Crippen LogP contribution is -2.40. The molecule has 27 heavy (non-hydrogen) atoms. The molecule has 0 bridgehead atoms. The van der Waals surface area contributed by atoms with Crippen LogP contribution in [0.3, 0.4) is 0 Å². The fraction of sp³-hybridized carbons (Fsp3) is 0.429. The quantitative estimate of drug-likeness (QED) is 0.389. The van der Waals surface area contributed by atoms with E-state index in [0.717, 1.165) is 37.6 Å². The van der Waals surface area contributed by atoms with E-state index in [1.807, 2.05) is 12.1 Å². The number of likely N-dealkylation sites (tertiary alicyclic amines) is 1. The van der Waals surface area contributed by atoms with Crippen molar-refractivity contribution >= 4 is 29.9 Å². The fourth-order valence-corrected chi connectivity index (χ4v) is 3.45. The second kappa shape index (κ2) is 11.1. The van der Waals surface area contributed by atoms with E-state index in [4.69, 9.17) is 9.73 Å². The lowest BCUT2D eigenvalue weighted by molar-refractivity contribution is 0.392. The molecule has 146 valence electrons. The van der Waals surface area contributed by atoms with Gasteiger partial charge in [-0.05, 0) is 37.3 Å². The predicted octanol–water partition coefficient (Wildman–Crippen LogP) is 3.74. The van der Waals surface area contributed by atoms with Crippen molar-refractivity contribution in [2.75, 3.05) is 26.7 Å². The first-order chi connectivity index (χ1) is 12.8. The highest BCUT2D eigenvalue weighted by Crippen LogP contribution is 2.21. The molecule has 0 saturated carbocycles. The van der Waals surface area contributed by atoms with Crippen molar-refractivity contribution in [3.05, 3.63) is 59.8 Å². The van der Waals surface area contributed by atoms with Crippen molar-refractivity contribution in [2.24, 2.45) is 10.9 Å². The average Bonchev–Trinajstić information content (AvgIpc) is 3.14. The zero-order valence-electron chi connectivity index (χ0n) is 16.1. The molecule has 1 aromatic heterocycles. The zero-order chi connectivity index (χ0) is 18.2. The number of pyridine rings is 1. The summed E-state index contributed by atoms with van der Waals surface area (Å²) in [6.07, 6.45) is 4.08. The third-order valence-corrected chi connectivity index (χ3v) is 4.73. The van der Waals surface area contributed by atoms with Crippen LogP contribution in [0.25, 0.3) is 0 Å². The highest BCUT2D eigenvalue weighted by atomic mass is 127. The monoisotopic (exact) mass is 480 g/mol. The second-order valence-corrected chi connectivity index (χ2v) is 6.63. The third kappa shape index (κ3) is 6.09. The number of benzene rings is 1. The Morgan fingerprint density at radius 2 is 2.07 bits per heavy atom. The highest BCUT2D eigenvalue weighted by molar-refractivity contribution is 14.0. The Hall–Kier alpha value is -1.83. The normalized spacial score (nSPS) is 16.7. The van der Waals surface area contributed by atoms with Gasteiger partial charge in [0.1, 0.15) is 0 Å². The molecule has 6 heteroatoms. The number of nitrogens with one attached hydrogen (secondary N) is 1. The number of ether oxygens (including phenoxy) is 1. The lowest BCUT2D eigenvalue weighted by Gasteiger charge is -2.22. The molecule has 0 amide bonds. The van der Waals surface area contributed by atoms with E-state index in [0.29, 0.717) is 18.3 Å². The van der Waals surface area contributed by atoms with Gasteiger partial charge in [0, 0.05) is 31.4 Å². The average molecular weight is 480 g/mol. The number of hydrogen-bond acceptors (Lipinski definition) is 3. The minimum absolute atomic E-state index is 0. The maximum Gasteiger partial charge on any atom is 0.218 e. The minimum Gasteiger partial charge on any atom is -0.481 e. The summed E-state index contributed by atoms with van der Waals surface area (Å²) in [6.45, 7) is 5.64. The maximum absolute atomic E-state index is 5.33. The molecule has 1 aromatic carbocycles. The van der Waals surface area contributed by atoms with Crippen molar-refractivity contribution in [1.82, 2.24) is 15.2 Å². The smallest absolute Gasteiger partial charge is 0.218 e. The van der Waals surface area contributed by atoms with Crippen LogP contribution in [-0.2, 0) is 13.0 Å². The molecule has 1 saturated heterocycles. The van der Waals surface area contributed by atoms with Gasteiger partial charge >= 0.3 is 0 Å². The Labute approximate surface area is 179 Å². The van der Waals surface area contributed by atoms with Crippen LogP contribution in [0.5, 0.6) is 5.88 Å². The van der Waals surface area contributed by atoms with Gasteiger partial charge in [0.05, 0.1) is 13.7 Å². The lowest BCUT2D eigenvalue weighted by atomic mass is 9.99. The molecular weight excluding hydrogens is 451 g/mol. The summed E-state index contributed by atoms with van der Waals surface area (Å²) >= 11 is 0. The molecule has 1 atom stereocenters. The van der Waals surface area contributed by atoms with Gasteiger partial charge in [-0.15, -0.1) is 24.0 Å². The number of aliphatic imine (C=N–C) groups is 1. The zero-order valence-corrected chi connectivity index (χ0v) is 18.4. The fourth-order valence-electron chi connectivity index (χ4n) is 3.45. The van der Waals surface area contributed by atoms with Crippen LogP contribution < -0.4 is 10.1 Å². The first-order valence-corrected chi connectivity index (χ1v) is 9.35. The molecule has 3 rings (SSSR count). The van der Waals surface area contributed by atoms with Gasteiger partial charge in [0.25, 0.3) is 0 Å². The molecule has 0 spiro atoms. The van der Waals surface area contributed by atoms with Crippen molar-refractivity contribution < 1.29 is 4.74 Å². The number of rotatable bonds is 6. The van der Waals surface area contributed by atoms with Crippen LogP contribution >= 0.6 is 24.0 Å². The number of guanidine groups is 1. The molecule has 1 aliphatic rings. The van der Waals surface area contributed by atoms with Crippen LogP contribution in [0, 0.1) is 5.92 Å². The van der Waals surface area contributed by atoms with Crippen LogP contribution in [0.15, 0.2) is 53.7 Å². The van der Waals surface area contributed by atoms with Crippen molar-refractivity contribution in [3.63, 3.8) is 0 Å². The molecule has 1 unspecified atom stereocenters. The van der Waals surface area contributed by atoms with E-state index in [1.165, 1.54) is 12.0 Å². The van der Waals surface area contributed by atoms with Gasteiger partial charge < -0.3 is 15.0 Å². The summed E-state index contributed by atoms with van der Waals surface area (Å²) in [6, 6.07) is 14.7. The Morgan fingerprint density at radius 3 is 2.81 bits per heavy atom. The molecule has 1 fully saturated rings. The van der Waals surface area contributed by atoms with Crippen LogP contribution in [0.2, 0.25) is 0 Å². The molecule has 2 aromatic rings. The summed E-state index contributed by atoms with van der Waals surface area (Å²) in [5.74, 6) is 2.30. The molecular formula is C21H29IN4O. The Balaban J connectivity index is 0.00000261. The molecule has 5 nitrogen and oxygen atoms in total. The molecule has 2 heterocycles. The number of aromatic nitrogens is 1. The molecule has 0 radical (unpaired) electrons. The maximum atomic E-state index is 5.33. The van der Waals surface area contributed by atoms with E-state index in [1.54, 1.807) is 13.3 Å². The summed E-state index contributed by atoms with van der Waals surface area (Å²) in [5, 5.41) is 3.43. The number of nitrogens with zero attached hydrogens (tertiary/aromatic N) is 3. The standard InChI is InChI=1S/C21H28N4O.HI/c1-3-22-21(24-15-19-10-7-12-23-20(19)26-2)25-13-11-18(16-25)14-17-8-5-4-6-9-17;/h4-10,12,18H,3,11,13-16H2,1-2H3,(H,22,24);1H. The van der Waals surface area contributed by atoms with Crippen molar-refractivity contribution in [3.8, 4) is 5.88 Å². The number of halogens is 1. The van der Waals surface area contributed by atoms with E-state index in [-0.39, 0.29) is 24.0 Å². The first kappa shape index (κ1) is 21.5. The van der Waals surface area contributed by atoms with E-state index >= 15 is 0 Å². The minimum atomic E-state index is 0. The molecule has 0 aliphatic carbocycles. The molecule has 1 aliphatic heterocycles. The van der Waals surface area contributed by atoms with Gasteiger partial charge in [-0.2, -0.15) is 0 Å². The van der Waals surface area contributed by atoms with E-state index < -0.39 is 0 Å². The van der Waals surface area contributed by atoms with Gasteiger partial charge in [-0.3, -0.25) is 0 Å². The largest absolute Gasteiger partial charge is 0.481 e. The van der Waals surface area contributed by atoms with Crippen LogP contribution in [0.4, 0.5) is 0 Å². The Bertz CT molecular complexity index is 723. The SMILES string of the molecule is CCNC(=NCc1cccnc1OC)N1CCC(Cc2ccccc2)C1.I. The van der Waals surface area contributed by atoms with Gasteiger partial charge in [-0.25, -0.2) is 9.98 Å². The highest BCUT2D eigenvalue weighted by Gasteiger charge is 2.25. The second-order valence-electron chi connectivity index (χ2n) is 6.63. The number of methoxy groups -OCH3 is 1. The van der Waals surface area contributed by atoms with Crippen LogP contribution in [0.1, 0.15) is 24.5 Å². The number of hydrogen-bond donors (Lipinski definition) is 1. The summed E-state index contributed by atoms with van der Waals surface area (Å²) in [5.41, 5.74) is 2.42. The van der Waals surface area contributed by atoms with Crippen molar-refractivity contribution in [1.29, 1.82) is 0 Å². The van der Waals surface area contributed by atoms with Crippen LogP contribution in [-0.4, -0.2) is 42.6 Å². The summed E-state index contributed by atoms with van der Waals surface area (Å²) in [4.78, 5) is 11.5. The van der Waals surface area contributed by atoms with E-state index in [9.17, 15) is 0 Å². The van der Waals surface area contributed by atoms with Gasteiger partial charge in [-0.1, -0.05) is 36.4 Å². The van der Waals surface area contributed by atoms with Gasteiger partial charge in [0.2, 0.25) is 5.88 Å². The Kier molecular flexibility index (Phi) is 8.84. The van der Waals surface area contributed by atoms with E-state index in [2.05, 4.69) is 52.5 Å². The van der Waals surface area contributed by atoms with Crippen molar-refractivity contribution in [2.45, 2.75) is 26.3 Å². The Morgan fingerprint density at radius 1 is 1.26 bits per heavy atom. The molecule has 1 N–H and O–H groups in total. The topological polar surface area (TPSA) is 49.8 Å². The first-order valence-electron chi connectivity index (χ1n) is 9.35. The summed E-state index contributed by atoms with van der Waals surface area (Å²) in [7, 11) is 1.65. The predicted molar refractivity (Wildman–Crippen MR) is 121 cm³/mol. The summed E-state index contributed by atoms with van der Waals surface area (Å²) < 4.78 is 5.33.